The lowest BCUT2D eigenvalue weighted by atomic mass is 10.1. The van der Waals surface area contributed by atoms with Crippen LogP contribution in [0, 0.1) is 5.82 Å². The van der Waals surface area contributed by atoms with Gasteiger partial charge in [0.2, 0.25) is 0 Å². The number of carbonyl (C=O) groups excluding carboxylic acids is 1. The van der Waals surface area contributed by atoms with Gasteiger partial charge in [-0.1, -0.05) is 72.3 Å². The van der Waals surface area contributed by atoms with Crippen molar-refractivity contribution in [3.05, 3.63) is 119 Å². The molecular weight excluding hydrogens is 481 g/mol. The molecule has 9 heteroatoms. The second kappa shape index (κ2) is 10.5. The predicted molar refractivity (Wildman–Crippen MR) is 135 cm³/mol. The van der Waals surface area contributed by atoms with Gasteiger partial charge in [-0.2, -0.15) is 10.2 Å². The van der Waals surface area contributed by atoms with Crippen LogP contribution in [-0.4, -0.2) is 25.5 Å². The fourth-order valence-corrected chi connectivity index (χ4v) is 3.80. The average Bonchev–Trinajstić information content (AvgIpc) is 3.51. The van der Waals surface area contributed by atoms with Crippen LogP contribution < -0.4 is 10.1 Å². The SMILES string of the molecule is O=C(Nc1nn(Cc2ccccc2F)cc1Cl)c1ccn(COc2ccc(-c3ccccc3)cc2)n1. The summed E-state index contributed by atoms with van der Waals surface area (Å²) in [5.74, 6) is 0.0410. The van der Waals surface area contributed by atoms with E-state index in [2.05, 4.69) is 15.5 Å². The van der Waals surface area contributed by atoms with Crippen molar-refractivity contribution in [3.8, 4) is 16.9 Å². The molecule has 2 heterocycles. The molecule has 0 aliphatic rings. The molecule has 36 heavy (non-hydrogen) atoms. The molecular formula is C27H21ClFN5O2. The number of nitrogens with one attached hydrogen (secondary N) is 1. The molecule has 1 N–H and O–H groups in total. The minimum Gasteiger partial charge on any atom is -0.471 e. The number of nitrogens with zero attached hydrogens (tertiary/aromatic N) is 4. The Kier molecular flexibility index (Phi) is 6.77. The molecule has 0 aliphatic heterocycles. The van der Waals surface area contributed by atoms with Gasteiger partial charge in [-0.05, 0) is 35.4 Å². The Bertz CT molecular complexity index is 1480. The molecule has 5 rings (SSSR count). The molecule has 0 saturated heterocycles. The zero-order valence-electron chi connectivity index (χ0n) is 19.0. The van der Waals surface area contributed by atoms with Gasteiger partial charge in [-0.15, -0.1) is 0 Å². The first-order chi connectivity index (χ1) is 17.5. The quantitative estimate of drug-likeness (QED) is 0.288. The van der Waals surface area contributed by atoms with Gasteiger partial charge < -0.3 is 10.1 Å². The van der Waals surface area contributed by atoms with Crippen LogP contribution >= 0.6 is 11.6 Å². The third-order valence-electron chi connectivity index (χ3n) is 5.44. The number of benzene rings is 3. The van der Waals surface area contributed by atoms with E-state index in [9.17, 15) is 9.18 Å². The van der Waals surface area contributed by atoms with Crippen molar-refractivity contribution >= 4 is 23.3 Å². The predicted octanol–water partition coefficient (Wildman–Crippen LogP) is 5.88. The Balaban J connectivity index is 1.18. The molecule has 180 valence electrons. The first-order valence-corrected chi connectivity index (χ1v) is 11.5. The summed E-state index contributed by atoms with van der Waals surface area (Å²) >= 11 is 6.22. The van der Waals surface area contributed by atoms with Crippen molar-refractivity contribution < 1.29 is 13.9 Å². The number of halogens is 2. The van der Waals surface area contributed by atoms with E-state index in [-0.39, 0.29) is 35.6 Å². The highest BCUT2D eigenvalue weighted by molar-refractivity contribution is 6.33. The maximum Gasteiger partial charge on any atom is 0.277 e. The smallest absolute Gasteiger partial charge is 0.277 e. The van der Waals surface area contributed by atoms with Crippen molar-refractivity contribution in [1.29, 1.82) is 0 Å². The first kappa shape index (κ1) is 23.3. The number of ether oxygens (including phenoxy) is 1. The van der Waals surface area contributed by atoms with Crippen LogP contribution in [0.25, 0.3) is 11.1 Å². The molecule has 7 nitrogen and oxygen atoms in total. The molecule has 0 fully saturated rings. The summed E-state index contributed by atoms with van der Waals surface area (Å²) < 4.78 is 22.7. The first-order valence-electron chi connectivity index (χ1n) is 11.1. The Hall–Kier alpha value is -4.43. The third kappa shape index (κ3) is 5.45. The van der Waals surface area contributed by atoms with E-state index in [1.807, 2.05) is 54.6 Å². The lowest BCUT2D eigenvalue weighted by molar-refractivity contribution is 0.101. The number of aromatic nitrogens is 4. The van der Waals surface area contributed by atoms with Gasteiger partial charge in [0.25, 0.3) is 5.91 Å². The maximum absolute atomic E-state index is 13.9. The van der Waals surface area contributed by atoms with Gasteiger partial charge in [0.05, 0.1) is 6.54 Å². The van der Waals surface area contributed by atoms with Crippen molar-refractivity contribution in [2.45, 2.75) is 13.3 Å². The van der Waals surface area contributed by atoms with Crippen LogP contribution in [-0.2, 0) is 13.3 Å². The molecule has 0 spiro atoms. The van der Waals surface area contributed by atoms with Crippen molar-refractivity contribution in [3.63, 3.8) is 0 Å². The van der Waals surface area contributed by atoms with E-state index in [4.69, 9.17) is 16.3 Å². The molecule has 0 atom stereocenters. The molecule has 0 radical (unpaired) electrons. The van der Waals surface area contributed by atoms with E-state index in [1.165, 1.54) is 21.6 Å². The van der Waals surface area contributed by atoms with Gasteiger partial charge in [0.15, 0.2) is 18.2 Å². The monoisotopic (exact) mass is 501 g/mol. The zero-order chi connectivity index (χ0) is 24.9. The molecule has 1 amide bonds. The van der Waals surface area contributed by atoms with Crippen LogP contribution in [0.15, 0.2) is 97.3 Å². The summed E-state index contributed by atoms with van der Waals surface area (Å²) in [6.07, 6.45) is 3.17. The van der Waals surface area contributed by atoms with Gasteiger partial charge >= 0.3 is 0 Å². The highest BCUT2D eigenvalue weighted by Crippen LogP contribution is 2.23. The van der Waals surface area contributed by atoms with E-state index in [1.54, 1.807) is 30.5 Å². The van der Waals surface area contributed by atoms with E-state index < -0.39 is 5.91 Å². The Morgan fingerprint density at radius 2 is 1.61 bits per heavy atom. The van der Waals surface area contributed by atoms with Gasteiger partial charge in [-0.3, -0.25) is 9.48 Å². The standard InChI is InChI=1S/C27H21ClFN5O2/c28-23-17-34(16-21-8-4-5-9-24(21)29)32-26(23)30-27(35)25-14-15-33(31-25)18-36-22-12-10-20(11-13-22)19-6-2-1-3-7-19/h1-15,17H,16,18H2,(H,30,32,35). The van der Waals surface area contributed by atoms with Crippen LogP contribution in [0.1, 0.15) is 16.1 Å². The summed E-state index contributed by atoms with van der Waals surface area (Å²) in [5, 5.41) is 11.4. The van der Waals surface area contributed by atoms with Crippen molar-refractivity contribution in [1.82, 2.24) is 19.6 Å². The summed E-state index contributed by atoms with van der Waals surface area (Å²) in [7, 11) is 0. The average molecular weight is 502 g/mol. The third-order valence-corrected chi connectivity index (χ3v) is 5.71. The molecule has 0 unspecified atom stereocenters. The number of rotatable bonds is 8. The van der Waals surface area contributed by atoms with Crippen LogP contribution in [0.2, 0.25) is 5.02 Å². The highest BCUT2D eigenvalue weighted by atomic mass is 35.5. The fraction of sp³-hybridized carbons (Fsp3) is 0.0741. The molecule has 2 aromatic heterocycles. The minimum atomic E-state index is -0.473. The lowest BCUT2D eigenvalue weighted by Crippen LogP contribution is -2.15. The summed E-state index contributed by atoms with van der Waals surface area (Å²) in [4.78, 5) is 12.7. The van der Waals surface area contributed by atoms with E-state index in [0.29, 0.717) is 11.3 Å². The second-order valence-corrected chi connectivity index (χ2v) is 8.38. The van der Waals surface area contributed by atoms with Gasteiger partial charge in [-0.25, -0.2) is 9.07 Å². The number of hydrogen-bond donors (Lipinski definition) is 1. The summed E-state index contributed by atoms with van der Waals surface area (Å²) in [6.45, 7) is 0.316. The Morgan fingerprint density at radius 1 is 0.889 bits per heavy atom. The number of hydrogen-bond acceptors (Lipinski definition) is 4. The summed E-state index contributed by atoms with van der Waals surface area (Å²) in [6, 6.07) is 25.8. The normalized spacial score (nSPS) is 10.8. The molecule has 3 aromatic carbocycles. The van der Waals surface area contributed by atoms with E-state index >= 15 is 0 Å². The molecule has 5 aromatic rings. The second-order valence-electron chi connectivity index (χ2n) is 7.97. The van der Waals surface area contributed by atoms with Crippen LogP contribution in [0.3, 0.4) is 0 Å². The largest absolute Gasteiger partial charge is 0.471 e. The fourth-order valence-electron chi connectivity index (χ4n) is 3.61. The number of amides is 1. The maximum atomic E-state index is 13.9. The number of anilines is 1. The zero-order valence-corrected chi connectivity index (χ0v) is 19.8. The molecule has 0 aliphatic carbocycles. The number of carbonyl (C=O) groups is 1. The highest BCUT2D eigenvalue weighted by Gasteiger charge is 2.15. The Labute approximate surface area is 211 Å². The lowest BCUT2D eigenvalue weighted by Gasteiger charge is -2.07. The van der Waals surface area contributed by atoms with Gasteiger partial charge in [0, 0.05) is 18.0 Å². The Morgan fingerprint density at radius 3 is 2.39 bits per heavy atom. The van der Waals surface area contributed by atoms with Crippen molar-refractivity contribution in [2.75, 3.05) is 5.32 Å². The topological polar surface area (TPSA) is 74.0 Å². The van der Waals surface area contributed by atoms with Crippen LogP contribution in [0.5, 0.6) is 5.75 Å². The van der Waals surface area contributed by atoms with Gasteiger partial charge in [0.1, 0.15) is 16.6 Å². The molecule has 0 bridgehead atoms. The van der Waals surface area contributed by atoms with Crippen molar-refractivity contribution in [2.24, 2.45) is 0 Å². The van der Waals surface area contributed by atoms with Crippen LogP contribution in [0.4, 0.5) is 10.2 Å². The van der Waals surface area contributed by atoms with E-state index in [0.717, 1.165) is 11.1 Å². The molecule has 0 saturated carbocycles. The summed E-state index contributed by atoms with van der Waals surface area (Å²) in [5.41, 5.74) is 2.86. The minimum absolute atomic E-state index is 0.135.